The van der Waals surface area contributed by atoms with Crippen LogP contribution in [0.15, 0.2) is 48.5 Å². The molecule has 2 aromatic rings. The lowest BCUT2D eigenvalue weighted by Crippen LogP contribution is -2.31. The topological polar surface area (TPSA) is 78.5 Å². The summed E-state index contributed by atoms with van der Waals surface area (Å²) < 4.78 is 0. The average molecular weight is 426 g/mol. The van der Waals surface area contributed by atoms with E-state index < -0.39 is 0 Å². The summed E-state index contributed by atoms with van der Waals surface area (Å²) in [7, 11) is 0. The Hall–Kier alpha value is -2.80. The molecule has 0 spiro atoms. The van der Waals surface area contributed by atoms with E-state index in [9.17, 15) is 14.4 Å². The number of nitrogens with zero attached hydrogens (tertiary/aromatic N) is 1. The van der Waals surface area contributed by atoms with Gasteiger partial charge in [-0.15, -0.1) is 11.8 Å². The first kappa shape index (κ1) is 21.9. The van der Waals surface area contributed by atoms with Gasteiger partial charge in [-0.1, -0.05) is 29.8 Å². The van der Waals surface area contributed by atoms with Gasteiger partial charge in [0.05, 0.1) is 11.0 Å². The summed E-state index contributed by atoms with van der Waals surface area (Å²) in [6, 6.07) is 15.3. The number of hydrogen-bond donors (Lipinski definition) is 2. The van der Waals surface area contributed by atoms with Gasteiger partial charge in [0.25, 0.3) is 0 Å². The predicted molar refractivity (Wildman–Crippen MR) is 122 cm³/mol. The summed E-state index contributed by atoms with van der Waals surface area (Å²) in [5.74, 6) is 0.131. The quantitative estimate of drug-likeness (QED) is 0.679. The SMILES string of the molecule is Cc1ccc(NC(=O)CS[C@@H](C)C(=O)NCc2ccc(N3CCCC3=O)cc2)cc1. The number of rotatable bonds is 8. The van der Waals surface area contributed by atoms with Gasteiger partial charge in [0.1, 0.15) is 0 Å². The van der Waals surface area contributed by atoms with Crippen molar-refractivity contribution in [2.75, 3.05) is 22.5 Å². The molecule has 0 radical (unpaired) electrons. The Morgan fingerprint density at radius 1 is 1.10 bits per heavy atom. The number of aryl methyl sites for hydroxylation is 1. The maximum atomic E-state index is 12.3. The van der Waals surface area contributed by atoms with Crippen molar-refractivity contribution in [2.45, 2.75) is 38.5 Å². The highest BCUT2D eigenvalue weighted by Crippen LogP contribution is 2.21. The number of amides is 3. The molecule has 0 saturated carbocycles. The minimum atomic E-state index is -0.338. The van der Waals surface area contributed by atoms with Crippen LogP contribution in [-0.4, -0.2) is 35.3 Å². The second-order valence-corrected chi connectivity index (χ2v) is 8.73. The average Bonchev–Trinajstić information content (AvgIpc) is 3.18. The van der Waals surface area contributed by atoms with Crippen LogP contribution in [0, 0.1) is 6.92 Å². The van der Waals surface area contributed by atoms with E-state index in [0.717, 1.165) is 35.5 Å². The van der Waals surface area contributed by atoms with Crippen LogP contribution in [0.4, 0.5) is 11.4 Å². The molecule has 2 aromatic carbocycles. The number of hydrogen-bond acceptors (Lipinski definition) is 4. The summed E-state index contributed by atoms with van der Waals surface area (Å²) in [4.78, 5) is 38.0. The van der Waals surface area contributed by atoms with Crippen molar-refractivity contribution in [1.29, 1.82) is 0 Å². The summed E-state index contributed by atoms with van der Waals surface area (Å²) in [6.07, 6.45) is 1.51. The molecule has 3 amide bonds. The third kappa shape index (κ3) is 6.10. The van der Waals surface area contributed by atoms with Crippen molar-refractivity contribution in [3.8, 4) is 0 Å². The van der Waals surface area contributed by atoms with Gasteiger partial charge in [-0.25, -0.2) is 0 Å². The summed E-state index contributed by atoms with van der Waals surface area (Å²) in [5.41, 5.74) is 3.75. The molecule has 7 heteroatoms. The Kier molecular flexibility index (Phi) is 7.52. The van der Waals surface area contributed by atoms with E-state index in [2.05, 4.69) is 10.6 Å². The Balaban J connectivity index is 1.40. The van der Waals surface area contributed by atoms with Crippen molar-refractivity contribution in [3.05, 3.63) is 59.7 Å². The van der Waals surface area contributed by atoms with E-state index in [0.29, 0.717) is 13.0 Å². The zero-order valence-electron chi connectivity index (χ0n) is 17.3. The molecular weight excluding hydrogens is 398 g/mol. The number of anilines is 2. The monoisotopic (exact) mass is 425 g/mol. The molecule has 30 heavy (non-hydrogen) atoms. The number of thioether (sulfide) groups is 1. The van der Waals surface area contributed by atoms with E-state index in [4.69, 9.17) is 0 Å². The van der Waals surface area contributed by atoms with Gasteiger partial charge in [-0.2, -0.15) is 0 Å². The molecule has 6 nitrogen and oxygen atoms in total. The van der Waals surface area contributed by atoms with Crippen LogP contribution >= 0.6 is 11.8 Å². The molecular formula is C23H27N3O3S. The van der Waals surface area contributed by atoms with Crippen LogP contribution in [-0.2, 0) is 20.9 Å². The molecule has 1 atom stereocenters. The third-order valence-corrected chi connectivity index (χ3v) is 6.10. The van der Waals surface area contributed by atoms with Crippen molar-refractivity contribution < 1.29 is 14.4 Å². The van der Waals surface area contributed by atoms with E-state index in [1.165, 1.54) is 11.8 Å². The number of benzene rings is 2. The van der Waals surface area contributed by atoms with Gasteiger partial charge >= 0.3 is 0 Å². The lowest BCUT2D eigenvalue weighted by atomic mass is 10.2. The van der Waals surface area contributed by atoms with Crippen molar-refractivity contribution >= 4 is 40.9 Å². The molecule has 158 valence electrons. The minimum absolute atomic E-state index is 0.109. The van der Waals surface area contributed by atoms with Crippen molar-refractivity contribution in [1.82, 2.24) is 5.32 Å². The first-order valence-electron chi connectivity index (χ1n) is 10.1. The van der Waals surface area contributed by atoms with Crippen LogP contribution < -0.4 is 15.5 Å². The van der Waals surface area contributed by atoms with Crippen molar-refractivity contribution in [3.63, 3.8) is 0 Å². The predicted octanol–water partition coefficient (Wildman–Crippen LogP) is 3.50. The number of carbonyl (C=O) groups excluding carboxylic acids is 3. The van der Waals surface area contributed by atoms with Gasteiger partial charge in [0, 0.05) is 30.9 Å². The van der Waals surface area contributed by atoms with Gasteiger partial charge in [-0.3, -0.25) is 14.4 Å². The highest BCUT2D eigenvalue weighted by Gasteiger charge is 2.21. The van der Waals surface area contributed by atoms with Gasteiger partial charge in [0.2, 0.25) is 17.7 Å². The van der Waals surface area contributed by atoms with E-state index >= 15 is 0 Å². The normalized spacial score (nSPS) is 14.5. The third-order valence-electron chi connectivity index (χ3n) is 4.96. The molecule has 1 saturated heterocycles. The highest BCUT2D eigenvalue weighted by atomic mass is 32.2. The second kappa shape index (κ2) is 10.3. The van der Waals surface area contributed by atoms with E-state index in [-0.39, 0.29) is 28.7 Å². The molecule has 2 N–H and O–H groups in total. The highest BCUT2D eigenvalue weighted by molar-refractivity contribution is 8.01. The van der Waals surface area contributed by atoms with Gasteiger partial charge < -0.3 is 15.5 Å². The lowest BCUT2D eigenvalue weighted by molar-refractivity contribution is -0.120. The molecule has 1 heterocycles. The maximum Gasteiger partial charge on any atom is 0.234 e. The number of carbonyl (C=O) groups is 3. The van der Waals surface area contributed by atoms with Crippen LogP contribution in [0.1, 0.15) is 30.9 Å². The number of nitrogens with one attached hydrogen (secondary N) is 2. The fourth-order valence-corrected chi connectivity index (χ4v) is 3.87. The van der Waals surface area contributed by atoms with E-state index in [1.807, 2.05) is 55.5 Å². The van der Waals surface area contributed by atoms with E-state index in [1.54, 1.807) is 11.8 Å². The largest absolute Gasteiger partial charge is 0.351 e. The molecule has 0 unspecified atom stereocenters. The smallest absolute Gasteiger partial charge is 0.234 e. The molecule has 1 aliphatic heterocycles. The first-order chi connectivity index (χ1) is 14.4. The molecule has 1 fully saturated rings. The van der Waals surface area contributed by atoms with Crippen LogP contribution in [0.2, 0.25) is 0 Å². The Morgan fingerprint density at radius 3 is 2.43 bits per heavy atom. The minimum Gasteiger partial charge on any atom is -0.351 e. The van der Waals surface area contributed by atoms with Crippen LogP contribution in [0.5, 0.6) is 0 Å². The van der Waals surface area contributed by atoms with Crippen LogP contribution in [0.25, 0.3) is 0 Å². The lowest BCUT2D eigenvalue weighted by Gasteiger charge is -2.16. The fourth-order valence-electron chi connectivity index (χ4n) is 3.16. The first-order valence-corrected chi connectivity index (χ1v) is 11.1. The molecule has 3 rings (SSSR count). The fraction of sp³-hybridized carbons (Fsp3) is 0.348. The van der Waals surface area contributed by atoms with Crippen molar-refractivity contribution in [2.24, 2.45) is 0 Å². The standard InChI is InChI=1S/C23H27N3O3S/c1-16-5-9-19(10-6-16)25-21(27)15-30-17(2)23(29)24-14-18-7-11-20(12-8-18)26-13-3-4-22(26)28/h5-12,17H,3-4,13-15H2,1-2H3,(H,24,29)(H,25,27)/t17-/m0/s1. The molecule has 0 bridgehead atoms. The summed E-state index contributed by atoms with van der Waals surface area (Å²) >= 11 is 1.30. The van der Waals surface area contributed by atoms with Crippen LogP contribution in [0.3, 0.4) is 0 Å². The Labute approximate surface area is 181 Å². The maximum absolute atomic E-state index is 12.3. The van der Waals surface area contributed by atoms with Gasteiger partial charge in [0.15, 0.2) is 0 Å². The van der Waals surface area contributed by atoms with Gasteiger partial charge in [-0.05, 0) is 50.1 Å². The zero-order valence-corrected chi connectivity index (χ0v) is 18.1. The zero-order chi connectivity index (χ0) is 21.5. The molecule has 0 aromatic heterocycles. The summed E-state index contributed by atoms with van der Waals surface area (Å²) in [6.45, 7) is 4.96. The molecule has 1 aliphatic rings. The Morgan fingerprint density at radius 2 is 1.80 bits per heavy atom. The summed E-state index contributed by atoms with van der Waals surface area (Å²) in [5, 5.41) is 5.40. The second-order valence-electron chi connectivity index (χ2n) is 7.40. The molecule has 0 aliphatic carbocycles. The Bertz CT molecular complexity index is 897.